The lowest BCUT2D eigenvalue weighted by Crippen LogP contribution is -2.49. The average molecular weight is 343 g/mol. The van der Waals surface area contributed by atoms with E-state index < -0.39 is 0 Å². The number of nitrogens with two attached hydrogens (primary N) is 1. The summed E-state index contributed by atoms with van der Waals surface area (Å²) in [5.41, 5.74) is 6.13. The monoisotopic (exact) mass is 342 g/mol. The number of hydrogen-bond donors (Lipinski definition) is 1. The van der Waals surface area contributed by atoms with Crippen LogP contribution in [0.3, 0.4) is 0 Å². The maximum absolute atomic E-state index is 6.13. The Hall–Kier alpha value is 0.1000. The van der Waals surface area contributed by atoms with Gasteiger partial charge in [-0.2, -0.15) is 0 Å². The number of fused-ring (bicyclic) bond motifs is 1. The van der Waals surface area contributed by atoms with Gasteiger partial charge in [0.1, 0.15) is 0 Å². The summed E-state index contributed by atoms with van der Waals surface area (Å²) >= 11 is 5.54. The Morgan fingerprint density at radius 1 is 1.32 bits per heavy atom. The summed E-state index contributed by atoms with van der Waals surface area (Å²) < 4.78 is 1.24. The summed E-state index contributed by atoms with van der Waals surface area (Å²) in [7, 11) is 0. The molecular weight excluding hydrogens is 320 g/mol. The van der Waals surface area contributed by atoms with E-state index in [1.807, 2.05) is 11.3 Å². The van der Waals surface area contributed by atoms with Gasteiger partial charge in [-0.3, -0.25) is 4.90 Å². The molecule has 1 aliphatic heterocycles. The van der Waals surface area contributed by atoms with Crippen LogP contribution in [0, 0.1) is 5.92 Å². The Morgan fingerprint density at radius 2 is 2.11 bits per heavy atom. The smallest absolute Gasteiger partial charge is 0.0578 e. The molecule has 106 valence electrons. The number of likely N-dealkylation sites (tertiary alicyclic amines) is 1. The van der Waals surface area contributed by atoms with Crippen molar-refractivity contribution in [1.82, 2.24) is 4.90 Å². The van der Waals surface area contributed by atoms with E-state index in [1.54, 1.807) is 0 Å². The number of thiophene rings is 1. The molecule has 19 heavy (non-hydrogen) atoms. The number of rotatable bonds is 3. The topological polar surface area (TPSA) is 29.3 Å². The number of hydrogen-bond acceptors (Lipinski definition) is 3. The Balaban J connectivity index is 1.83. The highest BCUT2D eigenvalue weighted by Gasteiger charge is 2.37. The molecule has 0 spiro atoms. The molecule has 1 unspecified atom stereocenters. The fraction of sp³-hybridized carbons (Fsp3) is 0.733. The highest BCUT2D eigenvalue weighted by Crippen LogP contribution is 2.41. The second-order valence-electron chi connectivity index (χ2n) is 5.88. The molecule has 1 aromatic heterocycles. The maximum Gasteiger partial charge on any atom is 0.0578 e. The van der Waals surface area contributed by atoms with Crippen molar-refractivity contribution in [2.75, 3.05) is 13.1 Å². The zero-order valence-electron chi connectivity index (χ0n) is 11.4. The van der Waals surface area contributed by atoms with Crippen LogP contribution in [0.2, 0.25) is 0 Å². The van der Waals surface area contributed by atoms with Crippen LogP contribution in [0.25, 0.3) is 0 Å². The predicted molar refractivity (Wildman–Crippen MR) is 85.5 cm³/mol. The third-order valence-corrected chi connectivity index (χ3v) is 6.83. The lowest BCUT2D eigenvalue weighted by atomic mass is 9.77. The van der Waals surface area contributed by atoms with Crippen LogP contribution in [-0.2, 0) is 0 Å². The van der Waals surface area contributed by atoms with Crippen molar-refractivity contribution >= 4 is 27.3 Å². The molecule has 0 bridgehead atoms. The number of halogens is 1. The van der Waals surface area contributed by atoms with Crippen LogP contribution in [-0.4, -0.2) is 24.0 Å². The van der Waals surface area contributed by atoms with Crippen molar-refractivity contribution in [2.24, 2.45) is 11.7 Å². The second-order valence-corrected chi connectivity index (χ2v) is 7.68. The Labute approximate surface area is 128 Å². The fourth-order valence-corrected chi connectivity index (χ4v) is 5.76. The summed E-state index contributed by atoms with van der Waals surface area (Å²) in [5.74, 6) is 0.926. The van der Waals surface area contributed by atoms with Gasteiger partial charge in [-0.1, -0.05) is 12.8 Å². The van der Waals surface area contributed by atoms with Gasteiger partial charge in [-0.25, -0.2) is 0 Å². The van der Waals surface area contributed by atoms with Crippen LogP contribution in [0.1, 0.15) is 49.4 Å². The lowest BCUT2D eigenvalue weighted by molar-refractivity contribution is 0.0285. The molecule has 4 heteroatoms. The standard InChI is InChI=1S/C15H23BrN2S/c16-12-7-9-19-15(12)14(10-17)18-8-3-5-11-4-1-2-6-13(11)18/h7,9,11,13-14H,1-6,8,10,17H2/t11-,13-,14?/m1/s1. The summed E-state index contributed by atoms with van der Waals surface area (Å²) in [5, 5.41) is 2.17. The molecule has 0 aromatic carbocycles. The second kappa shape index (κ2) is 6.25. The van der Waals surface area contributed by atoms with Gasteiger partial charge in [-0.05, 0) is 65.5 Å². The molecule has 3 atom stereocenters. The molecule has 1 aromatic rings. The predicted octanol–water partition coefficient (Wildman–Crippen LogP) is 4.17. The molecule has 2 nitrogen and oxygen atoms in total. The van der Waals surface area contributed by atoms with Crippen molar-refractivity contribution in [3.8, 4) is 0 Å². The Kier molecular flexibility index (Phi) is 4.62. The van der Waals surface area contributed by atoms with Crippen LogP contribution in [0.5, 0.6) is 0 Å². The Morgan fingerprint density at radius 3 is 2.84 bits per heavy atom. The van der Waals surface area contributed by atoms with Crippen molar-refractivity contribution in [3.63, 3.8) is 0 Å². The molecule has 2 heterocycles. The van der Waals surface area contributed by atoms with Crippen molar-refractivity contribution < 1.29 is 0 Å². The van der Waals surface area contributed by atoms with Gasteiger partial charge in [0, 0.05) is 21.9 Å². The van der Waals surface area contributed by atoms with Crippen LogP contribution < -0.4 is 5.73 Å². The third kappa shape index (κ3) is 2.78. The molecule has 2 fully saturated rings. The molecule has 2 N–H and O–H groups in total. The Bertz CT molecular complexity index is 418. The minimum absolute atomic E-state index is 0.417. The average Bonchev–Trinajstić information content (AvgIpc) is 2.86. The maximum atomic E-state index is 6.13. The van der Waals surface area contributed by atoms with Crippen molar-refractivity contribution in [2.45, 2.75) is 50.6 Å². The summed E-state index contributed by atoms with van der Waals surface area (Å²) in [6.07, 6.45) is 8.44. The lowest BCUT2D eigenvalue weighted by Gasteiger charge is -2.47. The van der Waals surface area contributed by atoms with Crippen molar-refractivity contribution in [1.29, 1.82) is 0 Å². The van der Waals surface area contributed by atoms with Gasteiger partial charge in [-0.15, -0.1) is 11.3 Å². The van der Waals surface area contributed by atoms with Crippen LogP contribution >= 0.6 is 27.3 Å². The molecule has 0 radical (unpaired) electrons. The first-order valence-corrected chi connectivity index (χ1v) is 9.17. The quantitative estimate of drug-likeness (QED) is 0.893. The summed E-state index contributed by atoms with van der Waals surface area (Å²) in [6, 6.07) is 3.36. The van der Waals surface area contributed by atoms with E-state index in [0.29, 0.717) is 6.04 Å². The van der Waals surface area contributed by atoms with Crippen molar-refractivity contribution in [3.05, 3.63) is 20.8 Å². The molecular formula is C15H23BrN2S. The van der Waals surface area contributed by atoms with E-state index in [4.69, 9.17) is 5.73 Å². The number of nitrogens with zero attached hydrogens (tertiary/aromatic N) is 1. The SMILES string of the molecule is NCC(c1sccc1Br)N1CCC[C@H]2CCCC[C@H]21. The zero-order valence-corrected chi connectivity index (χ0v) is 13.8. The largest absolute Gasteiger partial charge is 0.329 e. The normalized spacial score (nSPS) is 30.0. The van der Waals surface area contributed by atoms with Gasteiger partial charge < -0.3 is 5.73 Å². The molecule has 3 rings (SSSR count). The highest BCUT2D eigenvalue weighted by atomic mass is 79.9. The van der Waals surface area contributed by atoms with E-state index in [1.165, 1.54) is 54.4 Å². The van der Waals surface area contributed by atoms with Gasteiger partial charge in [0.25, 0.3) is 0 Å². The van der Waals surface area contributed by atoms with Gasteiger partial charge in [0.15, 0.2) is 0 Å². The minimum atomic E-state index is 0.417. The van der Waals surface area contributed by atoms with E-state index in [-0.39, 0.29) is 0 Å². The van der Waals surface area contributed by atoms with Crippen LogP contribution in [0.15, 0.2) is 15.9 Å². The number of piperidine rings is 1. The fourth-order valence-electron chi connectivity index (χ4n) is 3.99. The van der Waals surface area contributed by atoms with E-state index >= 15 is 0 Å². The van der Waals surface area contributed by atoms with Gasteiger partial charge in [0.2, 0.25) is 0 Å². The molecule has 2 aliphatic rings. The summed E-state index contributed by atoms with van der Waals surface area (Å²) in [6.45, 7) is 1.97. The molecule has 0 amide bonds. The van der Waals surface area contributed by atoms with E-state index in [0.717, 1.165) is 18.5 Å². The van der Waals surface area contributed by atoms with E-state index in [2.05, 4.69) is 32.3 Å². The van der Waals surface area contributed by atoms with E-state index in [9.17, 15) is 0 Å². The zero-order chi connectivity index (χ0) is 13.2. The van der Waals surface area contributed by atoms with Gasteiger partial charge >= 0.3 is 0 Å². The molecule has 1 aliphatic carbocycles. The molecule has 1 saturated heterocycles. The van der Waals surface area contributed by atoms with Gasteiger partial charge in [0.05, 0.1) is 6.04 Å². The summed E-state index contributed by atoms with van der Waals surface area (Å²) in [4.78, 5) is 4.15. The first kappa shape index (κ1) is 14.1. The highest BCUT2D eigenvalue weighted by molar-refractivity contribution is 9.10. The first-order valence-electron chi connectivity index (χ1n) is 7.50. The first-order chi connectivity index (χ1) is 9.31. The van der Waals surface area contributed by atoms with Crippen LogP contribution in [0.4, 0.5) is 0 Å². The molecule has 1 saturated carbocycles. The minimum Gasteiger partial charge on any atom is -0.329 e. The third-order valence-electron chi connectivity index (χ3n) is 4.86.